The Morgan fingerprint density at radius 2 is 1.64 bits per heavy atom. The summed E-state index contributed by atoms with van der Waals surface area (Å²) >= 11 is 0. The lowest BCUT2D eigenvalue weighted by atomic mass is 9.96. The molecule has 36 heavy (non-hydrogen) atoms. The highest BCUT2D eigenvalue weighted by Crippen LogP contribution is 2.50. The topological polar surface area (TPSA) is 80.3 Å². The van der Waals surface area contributed by atoms with E-state index in [2.05, 4.69) is 0 Å². The molecule has 7 nitrogen and oxygen atoms in total. The molecule has 1 unspecified atom stereocenters. The van der Waals surface area contributed by atoms with Crippen LogP contribution in [0.5, 0.6) is 23.0 Å². The molecule has 0 saturated carbocycles. The molecule has 188 valence electrons. The maximum absolute atomic E-state index is 13.2. The van der Waals surface area contributed by atoms with Gasteiger partial charge < -0.3 is 23.7 Å². The van der Waals surface area contributed by atoms with Crippen LogP contribution in [0.1, 0.15) is 46.5 Å². The largest absolute Gasteiger partial charge is 0.493 e. The number of methoxy groups -OCH3 is 4. The molecule has 3 aromatic carbocycles. The minimum Gasteiger partial charge on any atom is -0.493 e. The quantitative estimate of drug-likeness (QED) is 0.424. The number of benzene rings is 2. The van der Waals surface area contributed by atoms with Crippen LogP contribution < -0.4 is 24.4 Å². The zero-order valence-electron chi connectivity index (χ0n) is 21.2. The van der Waals surface area contributed by atoms with Crippen LogP contribution in [0.4, 0.5) is 0 Å². The third-order valence-corrected chi connectivity index (χ3v) is 6.49. The first-order valence-electron chi connectivity index (χ1n) is 11.8. The summed E-state index contributed by atoms with van der Waals surface area (Å²) in [7, 11) is 6.12. The van der Waals surface area contributed by atoms with Crippen LogP contribution in [0.2, 0.25) is 0 Å². The number of carbonyl (C=O) groups is 1. The second-order valence-corrected chi connectivity index (χ2v) is 8.45. The minimum absolute atomic E-state index is 0.185. The van der Waals surface area contributed by atoms with E-state index in [1.807, 2.05) is 31.2 Å². The molecule has 1 atom stereocenters. The van der Waals surface area contributed by atoms with Gasteiger partial charge in [-0.3, -0.25) is 4.79 Å². The molecule has 7 heteroatoms. The van der Waals surface area contributed by atoms with Gasteiger partial charge in [0.15, 0.2) is 17.2 Å². The van der Waals surface area contributed by atoms with E-state index in [0.717, 1.165) is 23.1 Å². The summed E-state index contributed by atoms with van der Waals surface area (Å²) in [4.78, 5) is 26.2. The van der Waals surface area contributed by atoms with Crippen LogP contribution >= 0.6 is 0 Å². The third kappa shape index (κ3) is 4.61. The van der Waals surface area contributed by atoms with Crippen molar-refractivity contribution in [3.63, 3.8) is 0 Å². The van der Waals surface area contributed by atoms with Crippen molar-refractivity contribution in [3.05, 3.63) is 81.0 Å². The van der Waals surface area contributed by atoms with E-state index in [4.69, 9.17) is 23.7 Å². The highest BCUT2D eigenvalue weighted by molar-refractivity contribution is 5.90. The zero-order valence-corrected chi connectivity index (χ0v) is 21.2. The van der Waals surface area contributed by atoms with Crippen molar-refractivity contribution in [2.24, 2.45) is 0 Å². The van der Waals surface area contributed by atoms with Gasteiger partial charge in [0.05, 0.1) is 34.0 Å². The fourth-order valence-electron chi connectivity index (χ4n) is 4.67. The number of hydrogen-bond donors (Lipinski definition) is 0. The smallest absolute Gasteiger partial charge is 0.338 e. The Hall–Kier alpha value is -4.00. The summed E-state index contributed by atoms with van der Waals surface area (Å²) in [6.45, 7) is 2.03. The average Bonchev–Trinajstić information content (AvgIpc) is 3.15. The molecule has 3 aromatic rings. The molecule has 0 N–H and O–H groups in total. The fraction of sp³-hybridized carbons (Fsp3) is 0.310. The summed E-state index contributed by atoms with van der Waals surface area (Å²) in [6, 6.07) is 14.2. The van der Waals surface area contributed by atoms with Gasteiger partial charge in [-0.1, -0.05) is 19.1 Å². The summed E-state index contributed by atoms with van der Waals surface area (Å²) in [5.41, 5.74) is 4.16. The molecule has 0 fully saturated rings. The van der Waals surface area contributed by atoms with E-state index in [-0.39, 0.29) is 11.2 Å². The Morgan fingerprint density at radius 1 is 0.889 bits per heavy atom. The fourth-order valence-corrected chi connectivity index (χ4v) is 4.67. The van der Waals surface area contributed by atoms with Gasteiger partial charge in [0, 0.05) is 11.1 Å². The molecular formula is C29H30O7. The van der Waals surface area contributed by atoms with Crippen LogP contribution in [0.3, 0.4) is 0 Å². The van der Waals surface area contributed by atoms with Crippen LogP contribution in [0.15, 0.2) is 53.3 Å². The van der Waals surface area contributed by atoms with E-state index >= 15 is 0 Å². The standard InChI is InChI=1S/C29H30O7/c1-6-17-8-7-9-19(14-17)29(31)36-23-12-10-18-15-25(33-3)27(34-4)28(35-5)26(18)20-11-13-24(32-2)22(30)16-21(20)23/h7-9,11,13-16,23H,6,10,12H2,1-5H3. The molecule has 0 heterocycles. The Morgan fingerprint density at radius 3 is 2.31 bits per heavy atom. The Labute approximate surface area is 210 Å². The number of fused-ring (bicyclic) bond motifs is 3. The molecule has 0 spiro atoms. The molecule has 0 amide bonds. The zero-order chi connectivity index (χ0) is 25.8. The van der Waals surface area contributed by atoms with Crippen LogP contribution in [0.25, 0.3) is 11.1 Å². The second-order valence-electron chi connectivity index (χ2n) is 8.45. The van der Waals surface area contributed by atoms with Crippen molar-refractivity contribution in [1.29, 1.82) is 0 Å². The number of hydrogen-bond acceptors (Lipinski definition) is 7. The average molecular weight is 491 g/mol. The lowest BCUT2D eigenvalue weighted by molar-refractivity contribution is 0.0280. The molecule has 0 aliphatic heterocycles. The Bertz CT molecular complexity index is 1350. The Balaban J connectivity index is 1.91. The predicted octanol–water partition coefficient (Wildman–Crippen LogP) is 5.15. The summed E-state index contributed by atoms with van der Waals surface area (Å²) in [5, 5.41) is 0. The van der Waals surface area contributed by atoms with Gasteiger partial charge in [0.1, 0.15) is 6.10 Å². The molecule has 0 bridgehead atoms. The maximum atomic E-state index is 13.2. The lowest BCUT2D eigenvalue weighted by Gasteiger charge is -2.19. The normalized spacial score (nSPS) is 14.1. The van der Waals surface area contributed by atoms with Gasteiger partial charge in [-0.05, 0) is 72.4 Å². The number of aryl methyl sites for hydroxylation is 2. The Kier molecular flexibility index (Phi) is 7.48. The van der Waals surface area contributed by atoms with E-state index in [0.29, 0.717) is 46.8 Å². The third-order valence-electron chi connectivity index (χ3n) is 6.49. The lowest BCUT2D eigenvalue weighted by Crippen LogP contribution is -2.13. The number of rotatable bonds is 7. The highest BCUT2D eigenvalue weighted by Gasteiger charge is 2.31. The van der Waals surface area contributed by atoms with Crippen LogP contribution in [0, 0.1) is 0 Å². The molecule has 1 aliphatic rings. The van der Waals surface area contributed by atoms with Gasteiger partial charge in [-0.2, -0.15) is 0 Å². The first kappa shape index (κ1) is 25.1. The minimum atomic E-state index is -0.670. The van der Waals surface area contributed by atoms with Gasteiger partial charge in [-0.25, -0.2) is 4.79 Å². The molecule has 0 saturated heterocycles. The maximum Gasteiger partial charge on any atom is 0.338 e. The number of ether oxygens (including phenoxy) is 5. The van der Waals surface area contributed by atoms with Gasteiger partial charge >= 0.3 is 5.97 Å². The monoisotopic (exact) mass is 490 g/mol. The predicted molar refractivity (Wildman–Crippen MR) is 137 cm³/mol. The summed E-state index contributed by atoms with van der Waals surface area (Å²) in [6.07, 6.45) is 1.16. The van der Waals surface area contributed by atoms with Crippen molar-refractivity contribution >= 4 is 5.97 Å². The first-order valence-corrected chi connectivity index (χ1v) is 11.8. The summed E-state index contributed by atoms with van der Waals surface area (Å²) in [5.74, 6) is 1.19. The van der Waals surface area contributed by atoms with Crippen molar-refractivity contribution in [3.8, 4) is 34.1 Å². The summed E-state index contributed by atoms with van der Waals surface area (Å²) < 4.78 is 28.3. The molecule has 4 rings (SSSR count). The van der Waals surface area contributed by atoms with E-state index in [1.54, 1.807) is 39.5 Å². The van der Waals surface area contributed by atoms with Crippen molar-refractivity contribution in [1.82, 2.24) is 0 Å². The first-order chi connectivity index (χ1) is 17.4. The van der Waals surface area contributed by atoms with E-state index in [9.17, 15) is 9.59 Å². The van der Waals surface area contributed by atoms with Crippen LogP contribution in [-0.2, 0) is 17.6 Å². The van der Waals surface area contributed by atoms with Gasteiger partial charge in [0.2, 0.25) is 11.2 Å². The van der Waals surface area contributed by atoms with Crippen molar-refractivity contribution in [2.75, 3.05) is 28.4 Å². The van der Waals surface area contributed by atoms with Crippen molar-refractivity contribution < 1.29 is 28.5 Å². The van der Waals surface area contributed by atoms with E-state index in [1.165, 1.54) is 13.2 Å². The molecular weight excluding hydrogens is 460 g/mol. The van der Waals surface area contributed by atoms with Crippen LogP contribution in [-0.4, -0.2) is 34.4 Å². The van der Waals surface area contributed by atoms with Crippen molar-refractivity contribution in [2.45, 2.75) is 32.3 Å². The number of carbonyl (C=O) groups excluding carboxylic acids is 1. The molecule has 1 aliphatic carbocycles. The van der Waals surface area contributed by atoms with Gasteiger partial charge in [-0.15, -0.1) is 0 Å². The van der Waals surface area contributed by atoms with Gasteiger partial charge in [0.25, 0.3) is 0 Å². The number of esters is 1. The molecule has 0 radical (unpaired) electrons. The van der Waals surface area contributed by atoms with E-state index < -0.39 is 12.1 Å². The highest BCUT2D eigenvalue weighted by atomic mass is 16.5. The SMILES string of the molecule is CCc1cccc(C(=O)OC2CCc3cc(OC)c(OC)c(OC)c3-c3ccc(OC)c(=O)cc32)c1. The second kappa shape index (κ2) is 10.7. The molecule has 0 aromatic heterocycles.